The molecule has 4 nitrogen and oxygen atoms in total. The van der Waals surface area contributed by atoms with Crippen molar-refractivity contribution in [2.75, 3.05) is 6.54 Å². The summed E-state index contributed by atoms with van der Waals surface area (Å²) in [5.41, 5.74) is 2.33. The zero-order valence-electron chi connectivity index (χ0n) is 10.7. The van der Waals surface area contributed by atoms with Gasteiger partial charge in [-0.2, -0.15) is 5.10 Å². The van der Waals surface area contributed by atoms with E-state index in [1.54, 1.807) is 6.20 Å². The van der Waals surface area contributed by atoms with Crippen molar-refractivity contribution in [3.05, 3.63) is 30.4 Å². The van der Waals surface area contributed by atoms with Gasteiger partial charge in [0.05, 0.1) is 17.9 Å². The van der Waals surface area contributed by atoms with Crippen molar-refractivity contribution in [1.82, 2.24) is 19.9 Å². The van der Waals surface area contributed by atoms with E-state index in [0.717, 1.165) is 18.5 Å². The molecule has 92 valence electrons. The summed E-state index contributed by atoms with van der Waals surface area (Å²) in [5, 5.41) is 7.95. The SMILES string of the molecule is CCCNC(c1cnn2ccncc12)C(C)C. The molecule has 17 heavy (non-hydrogen) atoms. The third-order valence-electron chi connectivity index (χ3n) is 2.97. The van der Waals surface area contributed by atoms with Crippen LogP contribution in [0.4, 0.5) is 0 Å². The van der Waals surface area contributed by atoms with Gasteiger partial charge in [0, 0.05) is 24.0 Å². The third-order valence-corrected chi connectivity index (χ3v) is 2.97. The molecular formula is C13H20N4. The van der Waals surface area contributed by atoms with Crippen LogP contribution in [0.5, 0.6) is 0 Å². The van der Waals surface area contributed by atoms with Gasteiger partial charge >= 0.3 is 0 Å². The smallest absolute Gasteiger partial charge is 0.0892 e. The van der Waals surface area contributed by atoms with Crippen molar-refractivity contribution in [1.29, 1.82) is 0 Å². The quantitative estimate of drug-likeness (QED) is 0.861. The lowest BCUT2D eigenvalue weighted by Crippen LogP contribution is -2.26. The molecule has 4 heteroatoms. The highest BCUT2D eigenvalue weighted by Crippen LogP contribution is 2.24. The molecule has 0 aliphatic carbocycles. The van der Waals surface area contributed by atoms with E-state index in [9.17, 15) is 0 Å². The van der Waals surface area contributed by atoms with Gasteiger partial charge in [-0.3, -0.25) is 4.98 Å². The summed E-state index contributed by atoms with van der Waals surface area (Å²) >= 11 is 0. The van der Waals surface area contributed by atoms with Crippen LogP contribution in [0.2, 0.25) is 0 Å². The van der Waals surface area contributed by atoms with Gasteiger partial charge < -0.3 is 5.32 Å². The average Bonchev–Trinajstić information content (AvgIpc) is 2.73. The second kappa shape index (κ2) is 5.27. The molecule has 0 bridgehead atoms. The summed E-state index contributed by atoms with van der Waals surface area (Å²) < 4.78 is 1.88. The minimum Gasteiger partial charge on any atom is -0.310 e. The Balaban J connectivity index is 2.34. The predicted octanol–water partition coefficient (Wildman–Crippen LogP) is 2.43. The van der Waals surface area contributed by atoms with Crippen LogP contribution in [0.15, 0.2) is 24.8 Å². The van der Waals surface area contributed by atoms with Crippen LogP contribution in [-0.2, 0) is 0 Å². The maximum atomic E-state index is 4.37. The van der Waals surface area contributed by atoms with Crippen LogP contribution in [0.1, 0.15) is 38.8 Å². The highest BCUT2D eigenvalue weighted by molar-refractivity contribution is 5.53. The second-order valence-corrected chi connectivity index (χ2v) is 4.68. The lowest BCUT2D eigenvalue weighted by Gasteiger charge is -2.21. The van der Waals surface area contributed by atoms with E-state index in [1.165, 1.54) is 5.56 Å². The summed E-state index contributed by atoms with van der Waals surface area (Å²) in [4.78, 5) is 4.18. The van der Waals surface area contributed by atoms with E-state index in [1.807, 2.05) is 23.1 Å². The Hall–Kier alpha value is -1.42. The van der Waals surface area contributed by atoms with Crippen LogP contribution in [0.3, 0.4) is 0 Å². The van der Waals surface area contributed by atoms with Crippen molar-refractivity contribution in [3.63, 3.8) is 0 Å². The first-order chi connectivity index (χ1) is 8.24. The number of rotatable bonds is 5. The largest absolute Gasteiger partial charge is 0.310 e. The Bertz CT molecular complexity index is 475. The van der Waals surface area contributed by atoms with Crippen LogP contribution >= 0.6 is 0 Å². The topological polar surface area (TPSA) is 42.2 Å². The predicted molar refractivity (Wildman–Crippen MR) is 68.9 cm³/mol. The zero-order valence-corrected chi connectivity index (χ0v) is 10.7. The van der Waals surface area contributed by atoms with Gasteiger partial charge in [0.1, 0.15) is 0 Å². The molecule has 0 aliphatic rings. The standard InChI is InChI=1S/C13H20N4/c1-4-5-15-13(10(2)3)11-8-16-17-7-6-14-9-12(11)17/h6-10,13,15H,4-5H2,1-3H3. The van der Waals surface area contributed by atoms with Gasteiger partial charge in [0.2, 0.25) is 0 Å². The number of hydrogen-bond donors (Lipinski definition) is 1. The van der Waals surface area contributed by atoms with Crippen molar-refractivity contribution in [2.24, 2.45) is 5.92 Å². The highest BCUT2D eigenvalue weighted by Gasteiger charge is 2.18. The molecule has 0 spiro atoms. The molecule has 2 aromatic heterocycles. The Labute approximate surface area is 102 Å². The first kappa shape index (κ1) is 12.0. The Kier molecular flexibility index (Phi) is 3.74. The van der Waals surface area contributed by atoms with E-state index in [4.69, 9.17) is 0 Å². The van der Waals surface area contributed by atoms with Crippen LogP contribution < -0.4 is 5.32 Å². The zero-order chi connectivity index (χ0) is 12.3. The Morgan fingerprint density at radius 2 is 2.18 bits per heavy atom. The van der Waals surface area contributed by atoms with E-state index >= 15 is 0 Å². The fraction of sp³-hybridized carbons (Fsp3) is 0.538. The molecule has 0 aromatic carbocycles. The molecule has 1 atom stereocenters. The molecule has 2 heterocycles. The molecule has 0 radical (unpaired) electrons. The minimum atomic E-state index is 0.344. The van der Waals surface area contributed by atoms with Gasteiger partial charge in [-0.15, -0.1) is 0 Å². The first-order valence-electron chi connectivity index (χ1n) is 6.24. The van der Waals surface area contributed by atoms with Crippen molar-refractivity contribution in [2.45, 2.75) is 33.2 Å². The number of nitrogens with one attached hydrogen (secondary N) is 1. The third kappa shape index (κ3) is 2.47. The highest BCUT2D eigenvalue weighted by atomic mass is 15.2. The van der Waals surface area contributed by atoms with Crippen molar-refractivity contribution < 1.29 is 0 Å². The number of aromatic nitrogens is 3. The second-order valence-electron chi connectivity index (χ2n) is 4.68. The van der Waals surface area contributed by atoms with E-state index < -0.39 is 0 Å². The summed E-state index contributed by atoms with van der Waals surface area (Å²) in [7, 11) is 0. The molecule has 0 amide bonds. The summed E-state index contributed by atoms with van der Waals surface area (Å²) in [5.74, 6) is 0.537. The number of nitrogens with zero attached hydrogens (tertiary/aromatic N) is 3. The monoisotopic (exact) mass is 232 g/mol. The maximum Gasteiger partial charge on any atom is 0.0892 e. The fourth-order valence-corrected chi connectivity index (χ4v) is 2.10. The lowest BCUT2D eigenvalue weighted by atomic mass is 9.97. The molecule has 0 saturated carbocycles. The van der Waals surface area contributed by atoms with Gasteiger partial charge in [0.25, 0.3) is 0 Å². The van der Waals surface area contributed by atoms with E-state index in [2.05, 4.69) is 36.2 Å². The van der Waals surface area contributed by atoms with E-state index in [0.29, 0.717) is 12.0 Å². The van der Waals surface area contributed by atoms with Gasteiger partial charge in [0.15, 0.2) is 0 Å². The number of hydrogen-bond acceptors (Lipinski definition) is 3. The average molecular weight is 232 g/mol. The summed E-state index contributed by atoms with van der Waals surface area (Å²) in [6.45, 7) is 7.67. The lowest BCUT2D eigenvalue weighted by molar-refractivity contribution is 0.415. The molecule has 0 aliphatic heterocycles. The van der Waals surface area contributed by atoms with Gasteiger partial charge in [-0.1, -0.05) is 20.8 Å². The Morgan fingerprint density at radius 3 is 2.88 bits per heavy atom. The summed E-state index contributed by atoms with van der Waals surface area (Å²) in [6.07, 6.45) is 8.61. The summed E-state index contributed by atoms with van der Waals surface area (Å²) in [6, 6.07) is 0.344. The van der Waals surface area contributed by atoms with Crippen LogP contribution in [-0.4, -0.2) is 21.1 Å². The van der Waals surface area contributed by atoms with Crippen molar-refractivity contribution >= 4 is 5.52 Å². The molecule has 2 aromatic rings. The molecule has 0 saturated heterocycles. The molecular weight excluding hydrogens is 212 g/mol. The maximum absolute atomic E-state index is 4.37. The Morgan fingerprint density at radius 1 is 1.35 bits per heavy atom. The van der Waals surface area contributed by atoms with Crippen LogP contribution in [0.25, 0.3) is 5.52 Å². The minimum absolute atomic E-state index is 0.344. The van der Waals surface area contributed by atoms with E-state index in [-0.39, 0.29) is 0 Å². The fourth-order valence-electron chi connectivity index (χ4n) is 2.10. The molecule has 0 fully saturated rings. The van der Waals surface area contributed by atoms with Gasteiger partial charge in [-0.25, -0.2) is 4.52 Å². The molecule has 1 unspecified atom stereocenters. The van der Waals surface area contributed by atoms with Gasteiger partial charge in [-0.05, 0) is 18.9 Å². The van der Waals surface area contributed by atoms with Crippen LogP contribution in [0, 0.1) is 5.92 Å². The number of fused-ring (bicyclic) bond motifs is 1. The first-order valence-corrected chi connectivity index (χ1v) is 6.24. The van der Waals surface area contributed by atoms with Crippen molar-refractivity contribution in [3.8, 4) is 0 Å². The molecule has 2 rings (SSSR count). The normalized spacial score (nSPS) is 13.4. The molecule has 1 N–H and O–H groups in total.